The van der Waals surface area contributed by atoms with Crippen molar-refractivity contribution < 1.29 is 14.4 Å². The van der Waals surface area contributed by atoms with Crippen molar-refractivity contribution in [3.05, 3.63) is 72.1 Å². The summed E-state index contributed by atoms with van der Waals surface area (Å²) in [4.78, 5) is 74.9. The number of carbonyl (C=O) groups is 3. The highest BCUT2D eigenvalue weighted by Gasteiger charge is 2.43. The second-order valence-corrected chi connectivity index (χ2v) is 23.3. The van der Waals surface area contributed by atoms with Gasteiger partial charge in [-0.25, -0.2) is 15.0 Å². The summed E-state index contributed by atoms with van der Waals surface area (Å²) in [6.07, 6.45) is 26.7. The van der Waals surface area contributed by atoms with E-state index in [1.54, 1.807) is 18.6 Å². The van der Waals surface area contributed by atoms with Crippen LogP contribution >= 0.6 is 0 Å². The summed E-state index contributed by atoms with van der Waals surface area (Å²) in [5.74, 6) is 2.20. The van der Waals surface area contributed by atoms with Gasteiger partial charge in [0.25, 0.3) is 17.7 Å². The third kappa shape index (κ3) is 11.7. The van der Waals surface area contributed by atoms with Crippen LogP contribution in [-0.4, -0.2) is 159 Å². The van der Waals surface area contributed by atoms with Gasteiger partial charge < -0.3 is 60.3 Å². The molecule has 0 atom stereocenters. The maximum absolute atomic E-state index is 13.1. The summed E-state index contributed by atoms with van der Waals surface area (Å²) in [6.45, 7) is 11.5. The Bertz CT molecular complexity index is 3190. The Hall–Kier alpha value is -7.77. The molecule has 7 aliphatic rings. The summed E-state index contributed by atoms with van der Waals surface area (Å²) in [5.41, 5.74) is 7.87. The molecule has 4 fully saturated rings. The van der Waals surface area contributed by atoms with Gasteiger partial charge in [-0.1, -0.05) is 0 Å². The van der Waals surface area contributed by atoms with Crippen LogP contribution < -0.4 is 30.7 Å². The average Bonchev–Trinajstić information content (AvgIpc) is 4.01. The van der Waals surface area contributed by atoms with Gasteiger partial charge in [0, 0.05) is 90.6 Å². The molecule has 6 aromatic rings. The number of amides is 3. The molecule has 0 saturated heterocycles. The number of carbonyl (C=O) groups excluding carboxylic acids is 3. The van der Waals surface area contributed by atoms with E-state index in [2.05, 4.69) is 83.7 Å². The molecule has 82 heavy (non-hydrogen) atoms. The number of nitrogens with one attached hydrogen (secondary N) is 6. The van der Waals surface area contributed by atoms with Crippen molar-refractivity contribution in [2.75, 3.05) is 87.1 Å². The van der Waals surface area contributed by atoms with Crippen LogP contribution in [0.1, 0.15) is 135 Å². The fraction of sp³-hybridized carbons (Fsp3) is 0.557. The molecule has 0 bridgehead atoms. The Morgan fingerprint density at radius 1 is 0.451 bits per heavy atom. The van der Waals surface area contributed by atoms with E-state index in [1.165, 1.54) is 0 Å². The molecule has 4 aliphatic carbocycles. The minimum Gasteiger partial charge on any atom is -0.349 e. The van der Waals surface area contributed by atoms with Crippen molar-refractivity contribution >= 4 is 67.9 Å². The van der Waals surface area contributed by atoms with Gasteiger partial charge in [-0.2, -0.15) is 15.8 Å². The number of anilines is 3. The normalized spacial score (nSPS) is 23.5. The smallest absolute Gasteiger partial charge is 0.259 e. The first-order valence-electron chi connectivity index (χ1n) is 30.0. The summed E-state index contributed by atoms with van der Waals surface area (Å²) in [7, 11) is 0. The number of nitrogens with zero attached hydrogens (tertiary/aromatic N) is 12. The Morgan fingerprint density at radius 3 is 1.07 bits per heavy atom. The molecule has 0 aromatic carbocycles. The average molecular weight is 1110 g/mol. The molecule has 21 nitrogen and oxygen atoms in total. The topological polar surface area (TPSA) is 264 Å². The molecule has 430 valence electrons. The largest absolute Gasteiger partial charge is 0.349 e. The molecular formula is C61H78N18O3. The van der Waals surface area contributed by atoms with E-state index in [4.69, 9.17) is 15.8 Å². The van der Waals surface area contributed by atoms with Crippen LogP contribution in [0.25, 0.3) is 33.1 Å². The van der Waals surface area contributed by atoms with Crippen molar-refractivity contribution in [2.45, 2.75) is 128 Å². The molecule has 4 saturated carbocycles. The van der Waals surface area contributed by atoms with Crippen molar-refractivity contribution in [3.8, 4) is 18.2 Å². The molecule has 6 aromatic heterocycles. The molecule has 3 aliphatic heterocycles. The summed E-state index contributed by atoms with van der Waals surface area (Å²) >= 11 is 0. The third-order valence-electron chi connectivity index (χ3n) is 18.4. The number of aromatic amines is 3. The second-order valence-electron chi connectivity index (χ2n) is 23.3. The molecule has 0 spiro atoms. The molecule has 13 rings (SSSR count). The van der Waals surface area contributed by atoms with Crippen LogP contribution in [0.4, 0.5) is 17.1 Å². The zero-order chi connectivity index (χ0) is 56.7. The molecular weight excluding hydrogens is 1030 g/mol. The van der Waals surface area contributed by atoms with E-state index >= 15 is 0 Å². The predicted molar refractivity (Wildman–Crippen MR) is 316 cm³/mol. The van der Waals surface area contributed by atoms with Crippen LogP contribution in [0.3, 0.4) is 0 Å². The van der Waals surface area contributed by atoms with E-state index < -0.39 is 0 Å². The van der Waals surface area contributed by atoms with Gasteiger partial charge in [-0.05, 0) is 159 Å². The van der Waals surface area contributed by atoms with E-state index in [0.29, 0.717) is 106 Å². The lowest BCUT2D eigenvalue weighted by Gasteiger charge is -2.45. The predicted octanol–water partition coefficient (Wildman–Crippen LogP) is 7.57. The lowest BCUT2D eigenvalue weighted by atomic mass is 9.84. The SMILES string of the molecule is CCN1CN(C2CCC(CNCC#N)CC2)c2c(cnc3[nH]ccc23)C1=O.CCN1CN(C2CCC(CNCC#N)CC2)c2c(cnc3[nH]ccc23)C1=O.N#CCNCC1CCC(N2CN(C3CC3)C(=O)c3cnc4[nH]ccc4c32)CC1. The lowest BCUT2D eigenvalue weighted by molar-refractivity contribution is 0.0715. The molecule has 9 heterocycles. The Morgan fingerprint density at radius 2 is 0.756 bits per heavy atom. The number of aromatic nitrogens is 6. The van der Waals surface area contributed by atoms with Gasteiger partial charge >= 0.3 is 0 Å². The first-order valence-corrected chi connectivity index (χ1v) is 30.0. The highest BCUT2D eigenvalue weighted by molar-refractivity contribution is 6.10. The summed E-state index contributed by atoms with van der Waals surface area (Å²) in [5, 5.41) is 38.9. The Labute approximate surface area is 479 Å². The molecule has 21 heteroatoms. The van der Waals surface area contributed by atoms with Crippen molar-refractivity contribution in [2.24, 2.45) is 17.8 Å². The Kier molecular flexibility index (Phi) is 17.5. The van der Waals surface area contributed by atoms with E-state index in [9.17, 15) is 14.4 Å². The summed E-state index contributed by atoms with van der Waals surface area (Å²) < 4.78 is 0. The fourth-order valence-electron chi connectivity index (χ4n) is 13.8. The van der Waals surface area contributed by atoms with Gasteiger partial charge in [0.2, 0.25) is 0 Å². The number of pyridine rings is 3. The van der Waals surface area contributed by atoms with Crippen LogP contribution in [0, 0.1) is 51.7 Å². The number of hydrogen-bond acceptors (Lipinski definition) is 15. The third-order valence-corrected chi connectivity index (χ3v) is 18.4. The van der Waals surface area contributed by atoms with Crippen molar-refractivity contribution in [1.82, 2.24) is 60.6 Å². The van der Waals surface area contributed by atoms with E-state index in [-0.39, 0.29) is 17.7 Å². The zero-order valence-corrected chi connectivity index (χ0v) is 47.5. The Balaban J connectivity index is 0.000000129. The first-order chi connectivity index (χ1) is 40.2. The molecule has 0 unspecified atom stereocenters. The zero-order valence-electron chi connectivity index (χ0n) is 47.5. The number of H-pyrrole nitrogens is 3. The van der Waals surface area contributed by atoms with Gasteiger partial charge in [-0.3, -0.25) is 14.4 Å². The molecule has 0 radical (unpaired) electrons. The standard InChI is InChI=1S/C21H26N6O.2C20H26N6O/c22-8-10-23-11-14-1-3-15(4-2-14)26-13-27(16-5-6-16)21(28)18-12-25-20-17(19(18)26)7-9-24-20;2*1-2-25-13-26(15-5-3-14(4-6-15)11-22-10-8-21)18-16-7-9-23-19(16)24-12-17(18)20(25)27/h7,9,12,14-16,23H,1-6,10-11,13H2,(H,24,25);2*7,9,12,14-15,22H,2-6,10-11,13H2,1H3,(H,23,24). The van der Waals surface area contributed by atoms with Crippen LogP contribution in [0.15, 0.2) is 55.4 Å². The van der Waals surface area contributed by atoms with Crippen LogP contribution in [0.2, 0.25) is 0 Å². The van der Waals surface area contributed by atoms with E-state index in [1.807, 2.05) is 60.4 Å². The number of rotatable bonds is 15. The molecule has 6 N–H and O–H groups in total. The van der Waals surface area contributed by atoms with Crippen molar-refractivity contribution in [3.63, 3.8) is 0 Å². The minimum atomic E-state index is 0.0775. The van der Waals surface area contributed by atoms with Gasteiger partial charge in [0.15, 0.2) is 0 Å². The monoisotopic (exact) mass is 1110 g/mol. The van der Waals surface area contributed by atoms with Crippen LogP contribution in [0.5, 0.6) is 0 Å². The van der Waals surface area contributed by atoms with Crippen molar-refractivity contribution in [1.29, 1.82) is 15.8 Å². The summed E-state index contributed by atoms with van der Waals surface area (Å²) in [6, 6.07) is 14.2. The fourth-order valence-corrected chi connectivity index (χ4v) is 13.8. The van der Waals surface area contributed by atoms with Crippen LogP contribution in [-0.2, 0) is 0 Å². The van der Waals surface area contributed by atoms with E-state index in [0.717, 1.165) is 165 Å². The van der Waals surface area contributed by atoms with Gasteiger partial charge in [0.05, 0.1) is 91.6 Å². The highest BCUT2D eigenvalue weighted by Crippen LogP contribution is 2.43. The highest BCUT2D eigenvalue weighted by atomic mass is 16.2. The number of hydrogen-bond donors (Lipinski definition) is 6. The molecule has 3 amide bonds. The number of fused-ring (bicyclic) bond motifs is 9. The number of nitriles is 3. The quantitative estimate of drug-likeness (QED) is 0.0428. The lowest BCUT2D eigenvalue weighted by Crippen LogP contribution is -2.52. The maximum Gasteiger partial charge on any atom is 0.259 e. The maximum atomic E-state index is 13.1. The van der Waals surface area contributed by atoms with Gasteiger partial charge in [0.1, 0.15) is 16.9 Å². The first kappa shape index (κ1) is 56.1. The minimum absolute atomic E-state index is 0.0775. The second kappa shape index (κ2) is 25.6. The van der Waals surface area contributed by atoms with Gasteiger partial charge in [-0.15, -0.1) is 0 Å².